The van der Waals surface area contributed by atoms with Crippen LogP contribution in [0.1, 0.15) is 22.6 Å². The highest BCUT2D eigenvalue weighted by atomic mass is 35.5. The Labute approximate surface area is 189 Å². The smallest absolute Gasteiger partial charge is 0.174 e. The Morgan fingerprint density at radius 3 is 2.48 bits per heavy atom. The zero-order valence-corrected chi connectivity index (χ0v) is 18.1. The van der Waals surface area contributed by atoms with Crippen molar-refractivity contribution in [1.29, 1.82) is 5.26 Å². The van der Waals surface area contributed by atoms with Crippen molar-refractivity contribution in [1.82, 2.24) is 0 Å². The SMILES string of the molecule is COCCOc1ccc(C#N)c(-c2cc(C(C=O)c3ccccc3)c(Cl)cc2Cl)c1F. The highest BCUT2D eigenvalue weighted by Crippen LogP contribution is 2.41. The molecular weight excluding hydrogens is 440 g/mol. The van der Waals surface area contributed by atoms with Crippen LogP contribution in [-0.2, 0) is 9.53 Å². The quantitative estimate of drug-likeness (QED) is 0.306. The van der Waals surface area contributed by atoms with Gasteiger partial charge in [0, 0.05) is 23.3 Å². The lowest BCUT2D eigenvalue weighted by molar-refractivity contribution is -0.108. The van der Waals surface area contributed by atoms with Crippen LogP contribution in [0.3, 0.4) is 0 Å². The van der Waals surface area contributed by atoms with Gasteiger partial charge in [0.25, 0.3) is 0 Å². The predicted molar refractivity (Wildman–Crippen MR) is 118 cm³/mol. The second-order valence-corrected chi connectivity index (χ2v) is 7.45. The molecule has 0 heterocycles. The summed E-state index contributed by atoms with van der Waals surface area (Å²) in [5.74, 6) is -1.44. The van der Waals surface area contributed by atoms with Gasteiger partial charge in [-0.05, 0) is 35.4 Å². The van der Waals surface area contributed by atoms with Crippen molar-refractivity contribution in [2.75, 3.05) is 20.3 Å². The molecule has 7 heteroatoms. The zero-order valence-electron chi connectivity index (χ0n) is 16.6. The van der Waals surface area contributed by atoms with Gasteiger partial charge >= 0.3 is 0 Å². The van der Waals surface area contributed by atoms with Crippen LogP contribution < -0.4 is 4.74 Å². The van der Waals surface area contributed by atoms with E-state index in [-0.39, 0.29) is 45.7 Å². The number of benzene rings is 3. The third kappa shape index (κ3) is 4.88. The number of hydrogen-bond donors (Lipinski definition) is 0. The minimum absolute atomic E-state index is 0.0157. The van der Waals surface area contributed by atoms with Gasteiger partial charge in [-0.15, -0.1) is 0 Å². The summed E-state index contributed by atoms with van der Waals surface area (Å²) in [6.45, 7) is 0.415. The van der Waals surface area contributed by atoms with E-state index >= 15 is 4.39 Å². The van der Waals surface area contributed by atoms with Gasteiger partial charge in [-0.1, -0.05) is 53.5 Å². The van der Waals surface area contributed by atoms with E-state index in [1.54, 1.807) is 18.2 Å². The molecule has 0 N–H and O–H groups in total. The van der Waals surface area contributed by atoms with E-state index in [0.717, 1.165) is 11.8 Å². The number of halogens is 3. The molecule has 1 atom stereocenters. The van der Waals surface area contributed by atoms with Gasteiger partial charge in [-0.25, -0.2) is 4.39 Å². The van der Waals surface area contributed by atoms with Crippen LogP contribution in [0.2, 0.25) is 10.0 Å². The fourth-order valence-electron chi connectivity index (χ4n) is 3.25. The van der Waals surface area contributed by atoms with Crippen LogP contribution in [-0.4, -0.2) is 26.6 Å². The van der Waals surface area contributed by atoms with Crippen molar-refractivity contribution in [3.63, 3.8) is 0 Å². The predicted octanol–water partition coefficient (Wildman–Crippen LogP) is 6.03. The van der Waals surface area contributed by atoms with E-state index in [9.17, 15) is 10.1 Å². The number of carbonyl (C=O) groups is 1. The summed E-state index contributed by atoms with van der Waals surface area (Å²) in [4.78, 5) is 11.9. The van der Waals surface area contributed by atoms with Crippen molar-refractivity contribution in [2.45, 2.75) is 5.92 Å². The maximum absolute atomic E-state index is 15.4. The second kappa shape index (κ2) is 10.4. The summed E-state index contributed by atoms with van der Waals surface area (Å²) < 4.78 is 25.7. The van der Waals surface area contributed by atoms with Crippen molar-refractivity contribution in [3.8, 4) is 22.9 Å². The second-order valence-electron chi connectivity index (χ2n) is 6.63. The molecule has 3 aromatic rings. The minimum Gasteiger partial charge on any atom is -0.488 e. The van der Waals surface area contributed by atoms with Crippen LogP contribution >= 0.6 is 23.2 Å². The number of rotatable bonds is 8. The largest absolute Gasteiger partial charge is 0.488 e. The number of aldehydes is 1. The van der Waals surface area contributed by atoms with Crippen molar-refractivity contribution in [2.24, 2.45) is 0 Å². The normalized spacial score (nSPS) is 11.6. The van der Waals surface area contributed by atoms with E-state index in [4.69, 9.17) is 32.7 Å². The van der Waals surface area contributed by atoms with Crippen molar-refractivity contribution < 1.29 is 18.7 Å². The van der Waals surface area contributed by atoms with E-state index in [0.29, 0.717) is 5.56 Å². The average molecular weight is 458 g/mol. The summed E-state index contributed by atoms with van der Waals surface area (Å²) in [5, 5.41) is 9.97. The van der Waals surface area contributed by atoms with Gasteiger partial charge in [-0.2, -0.15) is 5.26 Å². The maximum Gasteiger partial charge on any atom is 0.174 e. The van der Waals surface area contributed by atoms with Crippen LogP contribution in [0.25, 0.3) is 11.1 Å². The van der Waals surface area contributed by atoms with E-state index < -0.39 is 11.7 Å². The van der Waals surface area contributed by atoms with Crippen molar-refractivity contribution in [3.05, 3.63) is 87.2 Å². The number of carbonyl (C=O) groups excluding carboxylic acids is 1. The number of nitrogens with zero attached hydrogens (tertiary/aromatic N) is 1. The zero-order chi connectivity index (χ0) is 22.4. The Morgan fingerprint density at radius 1 is 1.10 bits per heavy atom. The summed E-state index contributed by atoms with van der Waals surface area (Å²) in [5.41, 5.74) is 1.49. The average Bonchev–Trinajstić information content (AvgIpc) is 2.78. The Bertz CT molecular complexity index is 1130. The summed E-state index contributed by atoms with van der Waals surface area (Å²) in [7, 11) is 1.51. The van der Waals surface area contributed by atoms with Gasteiger partial charge in [0.05, 0.1) is 29.2 Å². The van der Waals surface area contributed by atoms with Gasteiger partial charge < -0.3 is 14.3 Å². The molecule has 158 valence electrons. The van der Waals surface area contributed by atoms with Crippen molar-refractivity contribution >= 4 is 29.5 Å². The van der Waals surface area contributed by atoms with Gasteiger partial charge in [0.2, 0.25) is 0 Å². The van der Waals surface area contributed by atoms with Gasteiger partial charge in [-0.3, -0.25) is 0 Å². The minimum atomic E-state index is -0.729. The molecule has 0 aliphatic heterocycles. The van der Waals surface area contributed by atoms with Gasteiger partial charge in [0.15, 0.2) is 11.6 Å². The highest BCUT2D eigenvalue weighted by Gasteiger charge is 2.23. The van der Waals surface area contributed by atoms with Crippen LogP contribution in [0.4, 0.5) is 4.39 Å². The summed E-state index contributed by atoms with van der Waals surface area (Å²) in [6, 6.07) is 16.9. The first kappa shape index (κ1) is 22.8. The molecular formula is C24H18Cl2FNO3. The molecule has 1 unspecified atom stereocenters. The molecule has 0 aliphatic carbocycles. The molecule has 0 bridgehead atoms. The fourth-order valence-corrected chi connectivity index (χ4v) is 3.84. The monoisotopic (exact) mass is 457 g/mol. The molecule has 0 saturated heterocycles. The van der Waals surface area contributed by atoms with E-state index in [1.807, 2.05) is 24.3 Å². The molecule has 31 heavy (non-hydrogen) atoms. The first-order valence-corrected chi connectivity index (χ1v) is 10.1. The van der Waals surface area contributed by atoms with E-state index in [2.05, 4.69) is 0 Å². The Morgan fingerprint density at radius 2 is 1.84 bits per heavy atom. The fraction of sp³-hybridized carbons (Fsp3) is 0.167. The molecule has 0 amide bonds. The number of methoxy groups -OCH3 is 1. The highest BCUT2D eigenvalue weighted by molar-refractivity contribution is 6.37. The molecule has 0 radical (unpaired) electrons. The van der Waals surface area contributed by atoms with Crippen LogP contribution in [0.15, 0.2) is 54.6 Å². The molecule has 4 nitrogen and oxygen atoms in total. The third-order valence-corrected chi connectivity index (χ3v) is 5.40. The molecule has 0 saturated carbocycles. The molecule has 0 spiro atoms. The molecule has 0 aliphatic rings. The topological polar surface area (TPSA) is 59.3 Å². The lowest BCUT2D eigenvalue weighted by Crippen LogP contribution is -2.07. The lowest BCUT2D eigenvalue weighted by Gasteiger charge is -2.18. The molecule has 0 aromatic heterocycles. The standard InChI is InChI=1S/C24H18Cl2FNO3/c1-30-9-10-31-22-8-7-16(13-28)23(24(22)27)18-11-17(20(25)12-21(18)26)19(14-29)15-5-3-2-4-6-15/h2-8,11-12,14,19H,9-10H2,1H3. The number of ether oxygens (including phenoxy) is 2. The molecule has 0 fully saturated rings. The van der Waals surface area contributed by atoms with Gasteiger partial charge in [0.1, 0.15) is 12.9 Å². The first-order valence-electron chi connectivity index (χ1n) is 9.35. The maximum atomic E-state index is 15.4. The molecule has 3 rings (SSSR count). The Balaban J connectivity index is 2.17. The summed E-state index contributed by atoms with van der Waals surface area (Å²) >= 11 is 12.8. The molecule has 3 aromatic carbocycles. The van der Waals surface area contributed by atoms with E-state index in [1.165, 1.54) is 25.3 Å². The summed E-state index contributed by atoms with van der Waals surface area (Å²) in [6.07, 6.45) is 0.764. The van der Waals surface area contributed by atoms with Crippen LogP contribution in [0, 0.1) is 17.1 Å². The number of nitriles is 1. The third-order valence-electron chi connectivity index (χ3n) is 4.76. The lowest BCUT2D eigenvalue weighted by atomic mass is 9.89. The Hall–Kier alpha value is -2.91. The Kier molecular flexibility index (Phi) is 7.64. The number of hydrogen-bond acceptors (Lipinski definition) is 4. The van der Waals surface area contributed by atoms with Crippen LogP contribution in [0.5, 0.6) is 5.75 Å². The first-order chi connectivity index (χ1) is 15.0.